The third kappa shape index (κ3) is 4.34. The van der Waals surface area contributed by atoms with E-state index in [-0.39, 0.29) is 37.5 Å². The van der Waals surface area contributed by atoms with E-state index in [1.165, 1.54) is 17.0 Å². The summed E-state index contributed by atoms with van der Waals surface area (Å²) in [7, 11) is 0. The molecule has 0 bridgehead atoms. The summed E-state index contributed by atoms with van der Waals surface area (Å²) in [5, 5.41) is 21.2. The molecule has 1 aromatic carbocycles. The molecule has 0 spiro atoms. The molecule has 1 aliphatic heterocycles. The van der Waals surface area contributed by atoms with Crippen LogP contribution in [0.2, 0.25) is 5.02 Å². The zero-order valence-electron chi connectivity index (χ0n) is 12.6. The van der Waals surface area contributed by atoms with E-state index < -0.39 is 23.6 Å². The summed E-state index contributed by atoms with van der Waals surface area (Å²) in [5.74, 6) is -3.56. The number of benzene rings is 1. The SMILES string of the molecule is N#CCCN1CCC(O)(OC(=O)NCc2cc(F)cc(Cl)c2)C1=O. The maximum absolute atomic E-state index is 13.2. The largest absolute Gasteiger partial charge is 0.410 e. The third-order valence-electron chi connectivity index (χ3n) is 3.46. The van der Waals surface area contributed by atoms with E-state index in [0.29, 0.717) is 5.56 Å². The van der Waals surface area contributed by atoms with E-state index in [9.17, 15) is 19.1 Å². The van der Waals surface area contributed by atoms with Crippen LogP contribution in [0, 0.1) is 17.1 Å². The van der Waals surface area contributed by atoms with Crippen molar-refractivity contribution in [1.82, 2.24) is 10.2 Å². The number of nitrogens with one attached hydrogen (secondary N) is 1. The number of nitrogens with zero attached hydrogens (tertiary/aromatic N) is 2. The van der Waals surface area contributed by atoms with E-state index in [4.69, 9.17) is 21.6 Å². The molecule has 0 aliphatic carbocycles. The summed E-state index contributed by atoms with van der Waals surface area (Å²) < 4.78 is 18.0. The Hall–Kier alpha value is -2.37. The van der Waals surface area contributed by atoms with Crippen LogP contribution in [0.1, 0.15) is 18.4 Å². The molecule has 1 heterocycles. The smallest absolute Gasteiger partial charge is 0.407 e. The molecule has 7 nitrogen and oxygen atoms in total. The molecule has 2 amide bonds. The number of ether oxygens (including phenoxy) is 1. The Morgan fingerprint density at radius 2 is 2.29 bits per heavy atom. The lowest BCUT2D eigenvalue weighted by Crippen LogP contribution is -2.46. The summed E-state index contributed by atoms with van der Waals surface area (Å²) >= 11 is 5.70. The molecule has 128 valence electrons. The lowest BCUT2D eigenvalue weighted by atomic mass is 10.2. The van der Waals surface area contributed by atoms with Crippen molar-refractivity contribution >= 4 is 23.6 Å². The second-order valence-electron chi connectivity index (χ2n) is 5.26. The van der Waals surface area contributed by atoms with Gasteiger partial charge >= 0.3 is 6.09 Å². The van der Waals surface area contributed by atoms with Gasteiger partial charge in [-0.1, -0.05) is 11.6 Å². The summed E-state index contributed by atoms with van der Waals surface area (Å²) in [6, 6.07) is 5.67. The highest BCUT2D eigenvalue weighted by atomic mass is 35.5. The number of carbonyl (C=O) groups excluding carboxylic acids is 2. The average Bonchev–Trinajstić information content (AvgIpc) is 2.78. The van der Waals surface area contributed by atoms with E-state index in [1.54, 1.807) is 0 Å². The van der Waals surface area contributed by atoms with Crippen LogP contribution in [0.3, 0.4) is 0 Å². The Labute approximate surface area is 142 Å². The Morgan fingerprint density at radius 3 is 2.96 bits per heavy atom. The number of nitriles is 1. The molecule has 1 aromatic rings. The number of hydrogen-bond donors (Lipinski definition) is 2. The summed E-state index contributed by atoms with van der Waals surface area (Å²) in [4.78, 5) is 25.0. The molecule has 2 N–H and O–H groups in total. The van der Waals surface area contributed by atoms with Crippen molar-refractivity contribution < 1.29 is 23.8 Å². The topological polar surface area (TPSA) is 103 Å². The molecule has 0 radical (unpaired) electrons. The van der Waals surface area contributed by atoms with Gasteiger partial charge in [0, 0.05) is 31.1 Å². The van der Waals surface area contributed by atoms with Crippen LogP contribution in [0.25, 0.3) is 0 Å². The minimum Gasteiger partial charge on any atom is -0.407 e. The van der Waals surface area contributed by atoms with Gasteiger partial charge in [0.15, 0.2) is 0 Å². The molecule has 1 atom stereocenters. The van der Waals surface area contributed by atoms with Crippen LogP contribution in [-0.2, 0) is 16.1 Å². The highest BCUT2D eigenvalue weighted by molar-refractivity contribution is 6.30. The standard InChI is InChI=1S/C15H15ClFN3O4/c16-11-6-10(7-12(17)8-11)9-19-14(22)24-15(23)2-5-20(13(15)21)4-1-3-18/h6-8,23H,1-2,4-5,9H2,(H,19,22). The van der Waals surface area contributed by atoms with Crippen LogP contribution in [0.4, 0.5) is 9.18 Å². The number of aliphatic hydroxyl groups is 1. The molecule has 2 rings (SSSR count). The van der Waals surface area contributed by atoms with Crippen molar-refractivity contribution in [3.05, 3.63) is 34.6 Å². The van der Waals surface area contributed by atoms with Crippen molar-refractivity contribution in [3.63, 3.8) is 0 Å². The lowest BCUT2D eigenvalue weighted by Gasteiger charge is -2.22. The van der Waals surface area contributed by atoms with E-state index in [1.807, 2.05) is 6.07 Å². The molecular formula is C15H15ClFN3O4. The van der Waals surface area contributed by atoms with Gasteiger partial charge in [-0.3, -0.25) is 4.79 Å². The first-order valence-corrected chi connectivity index (χ1v) is 7.52. The quantitative estimate of drug-likeness (QED) is 0.780. The number of carbonyl (C=O) groups is 2. The number of halogens is 2. The fourth-order valence-corrected chi connectivity index (χ4v) is 2.56. The molecular weight excluding hydrogens is 341 g/mol. The fraction of sp³-hybridized carbons (Fsp3) is 0.400. The minimum atomic E-state index is -2.25. The Morgan fingerprint density at radius 1 is 1.54 bits per heavy atom. The zero-order chi connectivity index (χ0) is 17.7. The number of likely N-dealkylation sites (tertiary alicyclic amines) is 1. The molecule has 0 saturated carbocycles. The van der Waals surface area contributed by atoms with Crippen LogP contribution in [0.5, 0.6) is 0 Å². The molecule has 1 aliphatic rings. The van der Waals surface area contributed by atoms with Gasteiger partial charge in [0.25, 0.3) is 11.7 Å². The van der Waals surface area contributed by atoms with E-state index >= 15 is 0 Å². The lowest BCUT2D eigenvalue weighted by molar-refractivity contribution is -0.182. The van der Waals surface area contributed by atoms with Gasteiger partial charge in [0.1, 0.15) is 5.82 Å². The third-order valence-corrected chi connectivity index (χ3v) is 3.67. The van der Waals surface area contributed by atoms with Gasteiger partial charge in [-0.05, 0) is 23.8 Å². The van der Waals surface area contributed by atoms with Crippen molar-refractivity contribution in [2.45, 2.75) is 25.2 Å². The maximum Gasteiger partial charge on any atom is 0.410 e. The van der Waals surface area contributed by atoms with Gasteiger partial charge in [-0.2, -0.15) is 5.26 Å². The van der Waals surface area contributed by atoms with E-state index in [0.717, 1.165) is 6.07 Å². The predicted molar refractivity (Wildman–Crippen MR) is 81.1 cm³/mol. The predicted octanol–water partition coefficient (Wildman–Crippen LogP) is 1.54. The van der Waals surface area contributed by atoms with Gasteiger partial charge in [-0.25, -0.2) is 9.18 Å². The first-order valence-electron chi connectivity index (χ1n) is 7.14. The number of alkyl carbamates (subject to hydrolysis) is 1. The van der Waals surface area contributed by atoms with Gasteiger partial charge in [0.05, 0.1) is 12.5 Å². The van der Waals surface area contributed by atoms with Crippen molar-refractivity contribution in [1.29, 1.82) is 5.26 Å². The first kappa shape index (κ1) is 18.0. The summed E-state index contributed by atoms with van der Waals surface area (Å²) in [6.07, 6.45) is -0.987. The Balaban J connectivity index is 1.90. The van der Waals surface area contributed by atoms with Gasteiger partial charge in [-0.15, -0.1) is 0 Å². The summed E-state index contributed by atoms with van der Waals surface area (Å²) in [6.45, 7) is 0.257. The number of rotatable bonds is 5. The molecule has 1 unspecified atom stereocenters. The molecule has 1 saturated heterocycles. The average molecular weight is 356 g/mol. The van der Waals surface area contributed by atoms with Crippen LogP contribution >= 0.6 is 11.6 Å². The Kier molecular flexibility index (Phi) is 5.59. The number of amides is 2. The molecule has 1 fully saturated rings. The van der Waals surface area contributed by atoms with Gasteiger partial charge < -0.3 is 20.1 Å². The highest BCUT2D eigenvalue weighted by Crippen LogP contribution is 2.24. The minimum absolute atomic E-state index is 0.0846. The number of hydrogen-bond acceptors (Lipinski definition) is 5. The van der Waals surface area contributed by atoms with Crippen molar-refractivity contribution in [2.75, 3.05) is 13.1 Å². The maximum atomic E-state index is 13.2. The first-order chi connectivity index (χ1) is 11.3. The van der Waals surface area contributed by atoms with Gasteiger partial charge in [0.2, 0.25) is 0 Å². The van der Waals surface area contributed by atoms with Crippen LogP contribution in [-0.4, -0.2) is 40.9 Å². The van der Waals surface area contributed by atoms with Crippen LogP contribution in [0.15, 0.2) is 18.2 Å². The highest BCUT2D eigenvalue weighted by Gasteiger charge is 2.48. The van der Waals surface area contributed by atoms with Crippen LogP contribution < -0.4 is 5.32 Å². The molecule has 24 heavy (non-hydrogen) atoms. The summed E-state index contributed by atoms with van der Waals surface area (Å²) in [5.41, 5.74) is 0.400. The van der Waals surface area contributed by atoms with Crippen molar-refractivity contribution in [3.8, 4) is 6.07 Å². The molecule has 0 aromatic heterocycles. The van der Waals surface area contributed by atoms with E-state index in [2.05, 4.69) is 5.32 Å². The molecule has 9 heteroatoms. The second-order valence-corrected chi connectivity index (χ2v) is 5.69. The second kappa shape index (κ2) is 7.47. The Bertz CT molecular complexity index is 674. The fourth-order valence-electron chi connectivity index (χ4n) is 2.31. The monoisotopic (exact) mass is 355 g/mol. The van der Waals surface area contributed by atoms with Crippen molar-refractivity contribution in [2.24, 2.45) is 0 Å². The normalized spacial score (nSPS) is 19.9. The zero-order valence-corrected chi connectivity index (χ0v) is 13.3.